The Kier molecular flexibility index (Phi) is 7.83. The van der Waals surface area contributed by atoms with Gasteiger partial charge in [0.2, 0.25) is 5.91 Å². The summed E-state index contributed by atoms with van der Waals surface area (Å²) in [4.78, 5) is 19.4. The Hall–Kier alpha value is -3.59. The standard InChI is InChI=1S/C28H24Cl2N4O3S/c1-36-22-11-3-2-9-19(22)32-24(35)14-16-34-27(26(33-28(34)38)20-10-4-5-15-31-20)23-13-12-21(37-23)17-7-6-8-18(29)25(17)30/h2-13,15,26-27H,14,16H2,1H3,(H,32,35)(H,33,38)/t26-,27-/m0/s1. The first-order valence-electron chi connectivity index (χ1n) is 11.9. The summed E-state index contributed by atoms with van der Waals surface area (Å²) in [5.74, 6) is 1.67. The number of nitrogens with one attached hydrogen (secondary N) is 2. The van der Waals surface area contributed by atoms with Crippen molar-refractivity contribution in [2.75, 3.05) is 19.0 Å². The minimum Gasteiger partial charge on any atom is -0.495 e. The molecular formula is C28H24Cl2N4O3S. The third kappa shape index (κ3) is 5.34. The van der Waals surface area contributed by atoms with Crippen LogP contribution in [0.3, 0.4) is 0 Å². The molecule has 1 amide bonds. The number of pyridine rings is 1. The van der Waals surface area contributed by atoms with E-state index in [9.17, 15) is 4.79 Å². The number of para-hydroxylation sites is 2. The Morgan fingerprint density at radius 1 is 1.11 bits per heavy atom. The van der Waals surface area contributed by atoms with E-state index in [1.54, 1.807) is 31.5 Å². The number of furan rings is 1. The van der Waals surface area contributed by atoms with Gasteiger partial charge in [0.15, 0.2) is 5.11 Å². The fourth-order valence-corrected chi connectivity index (χ4v) is 5.21. The zero-order chi connectivity index (χ0) is 26.6. The van der Waals surface area contributed by atoms with Crippen LogP contribution in [-0.2, 0) is 4.79 Å². The normalized spacial score (nSPS) is 16.8. The molecule has 0 spiro atoms. The van der Waals surface area contributed by atoms with Crippen molar-refractivity contribution < 1.29 is 13.9 Å². The van der Waals surface area contributed by atoms with E-state index in [2.05, 4.69) is 15.6 Å². The summed E-state index contributed by atoms with van der Waals surface area (Å²) in [6.07, 6.45) is 1.93. The topological polar surface area (TPSA) is 79.6 Å². The lowest BCUT2D eigenvalue weighted by Crippen LogP contribution is -2.32. The van der Waals surface area contributed by atoms with Gasteiger partial charge in [-0.05, 0) is 60.7 Å². The Balaban J connectivity index is 1.41. The summed E-state index contributed by atoms with van der Waals surface area (Å²) >= 11 is 18.4. The molecule has 2 aromatic heterocycles. The molecule has 5 rings (SSSR count). The van der Waals surface area contributed by atoms with E-state index in [0.717, 1.165) is 5.69 Å². The fourth-order valence-electron chi connectivity index (χ4n) is 4.49. The van der Waals surface area contributed by atoms with Gasteiger partial charge in [-0.2, -0.15) is 0 Å². The molecule has 1 fully saturated rings. The first-order chi connectivity index (χ1) is 18.5. The number of benzene rings is 2. The second kappa shape index (κ2) is 11.4. The molecule has 10 heteroatoms. The van der Waals surface area contributed by atoms with Crippen molar-refractivity contribution in [1.29, 1.82) is 0 Å². The number of nitrogens with zero attached hydrogens (tertiary/aromatic N) is 2. The maximum atomic E-state index is 12.9. The van der Waals surface area contributed by atoms with E-state index in [1.165, 1.54) is 0 Å². The number of anilines is 1. The number of amides is 1. The predicted octanol–water partition coefficient (Wildman–Crippen LogP) is 6.66. The van der Waals surface area contributed by atoms with Gasteiger partial charge in [0.05, 0.1) is 34.6 Å². The molecule has 2 atom stereocenters. The van der Waals surface area contributed by atoms with Gasteiger partial charge in [-0.3, -0.25) is 9.78 Å². The molecule has 3 heterocycles. The number of rotatable bonds is 8. The lowest BCUT2D eigenvalue weighted by Gasteiger charge is -2.26. The van der Waals surface area contributed by atoms with E-state index in [4.69, 9.17) is 44.6 Å². The molecule has 0 bridgehead atoms. The van der Waals surface area contributed by atoms with Crippen LogP contribution >= 0.6 is 35.4 Å². The molecule has 0 radical (unpaired) electrons. The van der Waals surface area contributed by atoms with Gasteiger partial charge in [0.25, 0.3) is 0 Å². The van der Waals surface area contributed by atoms with E-state index in [-0.39, 0.29) is 24.4 Å². The number of methoxy groups -OCH3 is 1. The van der Waals surface area contributed by atoms with Gasteiger partial charge < -0.3 is 24.7 Å². The van der Waals surface area contributed by atoms with Crippen LogP contribution in [0.15, 0.2) is 83.4 Å². The first-order valence-corrected chi connectivity index (χ1v) is 13.1. The molecule has 0 unspecified atom stereocenters. The third-order valence-corrected chi connectivity index (χ3v) is 7.47. The van der Waals surface area contributed by atoms with E-state index in [1.807, 2.05) is 59.5 Å². The van der Waals surface area contributed by atoms with Gasteiger partial charge in [-0.25, -0.2) is 0 Å². The van der Waals surface area contributed by atoms with Crippen LogP contribution in [0.25, 0.3) is 11.3 Å². The molecule has 0 saturated carbocycles. The average Bonchev–Trinajstić information content (AvgIpc) is 3.54. The van der Waals surface area contributed by atoms with Gasteiger partial charge in [-0.1, -0.05) is 47.5 Å². The number of hydrogen-bond donors (Lipinski definition) is 2. The Labute approximate surface area is 235 Å². The van der Waals surface area contributed by atoms with E-state index < -0.39 is 0 Å². The highest BCUT2D eigenvalue weighted by atomic mass is 35.5. The maximum absolute atomic E-state index is 12.9. The van der Waals surface area contributed by atoms with Crippen molar-refractivity contribution in [3.8, 4) is 17.1 Å². The van der Waals surface area contributed by atoms with Crippen LogP contribution in [-0.4, -0.2) is 34.6 Å². The molecular weight excluding hydrogens is 543 g/mol. The molecule has 2 N–H and O–H groups in total. The number of aromatic nitrogens is 1. The molecule has 1 saturated heterocycles. The van der Waals surface area contributed by atoms with Gasteiger partial charge in [-0.15, -0.1) is 0 Å². The number of thiocarbonyl (C=S) groups is 1. The molecule has 2 aromatic carbocycles. The average molecular weight is 567 g/mol. The minimum absolute atomic E-state index is 0.164. The number of carbonyl (C=O) groups is 1. The van der Waals surface area contributed by atoms with E-state index in [0.29, 0.717) is 50.2 Å². The summed E-state index contributed by atoms with van der Waals surface area (Å²) < 4.78 is 11.7. The summed E-state index contributed by atoms with van der Waals surface area (Å²) in [6, 6.07) is 21.5. The Morgan fingerprint density at radius 3 is 2.71 bits per heavy atom. The first kappa shape index (κ1) is 26.0. The van der Waals surface area contributed by atoms with Crippen molar-refractivity contribution in [3.05, 3.63) is 100 Å². The second-order valence-corrected chi connectivity index (χ2v) is 9.79. The second-order valence-electron chi connectivity index (χ2n) is 8.62. The zero-order valence-electron chi connectivity index (χ0n) is 20.4. The number of ether oxygens (including phenoxy) is 1. The van der Waals surface area contributed by atoms with Gasteiger partial charge in [0, 0.05) is 24.7 Å². The van der Waals surface area contributed by atoms with Gasteiger partial charge in [0.1, 0.15) is 23.3 Å². The summed E-state index contributed by atoms with van der Waals surface area (Å²) in [5.41, 5.74) is 2.11. The number of halogens is 2. The van der Waals surface area contributed by atoms with Crippen LogP contribution in [0.2, 0.25) is 10.0 Å². The number of hydrogen-bond acceptors (Lipinski definition) is 5. The van der Waals surface area contributed by atoms with Crippen LogP contribution in [0.4, 0.5) is 5.69 Å². The maximum Gasteiger partial charge on any atom is 0.226 e. The highest BCUT2D eigenvalue weighted by molar-refractivity contribution is 7.80. The molecule has 1 aliphatic rings. The Morgan fingerprint density at radius 2 is 1.92 bits per heavy atom. The summed E-state index contributed by atoms with van der Waals surface area (Å²) in [6.45, 7) is 0.356. The van der Waals surface area contributed by atoms with Gasteiger partial charge >= 0.3 is 0 Å². The molecule has 194 valence electrons. The predicted molar refractivity (Wildman–Crippen MR) is 153 cm³/mol. The molecule has 0 aliphatic carbocycles. The van der Waals surface area contributed by atoms with Crippen molar-refractivity contribution in [1.82, 2.24) is 15.2 Å². The van der Waals surface area contributed by atoms with Crippen molar-refractivity contribution in [3.63, 3.8) is 0 Å². The summed E-state index contributed by atoms with van der Waals surface area (Å²) in [5, 5.41) is 7.65. The molecule has 7 nitrogen and oxygen atoms in total. The quantitative estimate of drug-likeness (QED) is 0.231. The smallest absolute Gasteiger partial charge is 0.226 e. The SMILES string of the molecule is COc1ccccc1NC(=O)CCN1C(=S)N[C@@H](c2ccccn2)[C@@H]1c1ccc(-c2cccc(Cl)c2Cl)o1. The van der Waals surface area contributed by atoms with Crippen molar-refractivity contribution in [2.45, 2.75) is 18.5 Å². The Bertz CT molecular complexity index is 1460. The van der Waals surface area contributed by atoms with E-state index >= 15 is 0 Å². The van der Waals surface area contributed by atoms with Crippen molar-refractivity contribution >= 4 is 52.1 Å². The zero-order valence-corrected chi connectivity index (χ0v) is 22.7. The van der Waals surface area contributed by atoms with Crippen LogP contribution in [0.5, 0.6) is 5.75 Å². The number of carbonyl (C=O) groups excluding carboxylic acids is 1. The van der Waals surface area contributed by atoms with Crippen LogP contribution in [0, 0.1) is 0 Å². The highest BCUT2D eigenvalue weighted by Gasteiger charge is 2.41. The molecule has 4 aromatic rings. The highest BCUT2D eigenvalue weighted by Crippen LogP contribution is 2.42. The largest absolute Gasteiger partial charge is 0.495 e. The monoisotopic (exact) mass is 566 g/mol. The minimum atomic E-state index is -0.344. The van der Waals surface area contributed by atoms with Crippen molar-refractivity contribution in [2.24, 2.45) is 0 Å². The lowest BCUT2D eigenvalue weighted by atomic mass is 10.0. The fraction of sp³-hybridized carbons (Fsp3) is 0.179. The lowest BCUT2D eigenvalue weighted by molar-refractivity contribution is -0.116. The third-order valence-electron chi connectivity index (χ3n) is 6.29. The summed E-state index contributed by atoms with van der Waals surface area (Å²) in [7, 11) is 1.57. The molecule has 1 aliphatic heterocycles. The van der Waals surface area contributed by atoms with Crippen LogP contribution < -0.4 is 15.4 Å². The molecule has 38 heavy (non-hydrogen) atoms. The van der Waals surface area contributed by atoms with Crippen LogP contribution in [0.1, 0.15) is 30.0 Å².